The summed E-state index contributed by atoms with van der Waals surface area (Å²) in [6.45, 7) is 4.34. The van der Waals surface area contributed by atoms with Gasteiger partial charge in [0.05, 0.1) is 0 Å². The van der Waals surface area contributed by atoms with Gasteiger partial charge in [0, 0.05) is 12.1 Å². The zero-order chi connectivity index (χ0) is 5.21. The Morgan fingerprint density at radius 2 is 1.10 bits per heavy atom. The van der Waals surface area contributed by atoms with Crippen LogP contribution in [0.5, 0.6) is 0 Å². The molecule has 0 spiro atoms. The van der Waals surface area contributed by atoms with Crippen molar-refractivity contribution in [1.82, 2.24) is 0 Å². The molecule has 0 fully saturated rings. The Balaban J connectivity index is -0.0000000208. The van der Waals surface area contributed by atoms with Gasteiger partial charge in [-0.15, -0.1) is 95.9 Å². The average Bonchev–Trinajstić information content (AvgIpc) is 1.35. The molecule has 2 nitrogen and oxygen atoms in total. The van der Waals surface area contributed by atoms with E-state index in [-0.39, 0.29) is 101 Å². The summed E-state index contributed by atoms with van der Waals surface area (Å²) in [4.78, 5) is 0. The highest BCUT2D eigenvalue weighted by atomic mass is 127. The SMILES string of the molecule is CC(C)(N)CN.I.I.I.I. The van der Waals surface area contributed by atoms with Gasteiger partial charge in [-0.2, -0.15) is 0 Å². The van der Waals surface area contributed by atoms with Gasteiger partial charge in [0.15, 0.2) is 0 Å². The van der Waals surface area contributed by atoms with Crippen LogP contribution in [0.4, 0.5) is 0 Å². The Bertz CT molecular complexity index is 45.0. The van der Waals surface area contributed by atoms with Crippen LogP contribution in [-0.2, 0) is 0 Å². The quantitative estimate of drug-likeness (QED) is 0.454. The lowest BCUT2D eigenvalue weighted by Gasteiger charge is -2.13. The van der Waals surface area contributed by atoms with Gasteiger partial charge in [-0.05, 0) is 13.8 Å². The predicted molar refractivity (Wildman–Crippen MR) is 89.0 cm³/mol. The summed E-state index contributed by atoms with van der Waals surface area (Å²) in [5.74, 6) is 0. The fraction of sp³-hybridized carbons (Fsp3) is 1.00. The Morgan fingerprint density at radius 3 is 1.10 bits per heavy atom. The standard InChI is InChI=1S/C4H12N2.4HI/c1-4(2,6)3-5;;;;/h3,5-6H2,1-2H3;4*1H. The van der Waals surface area contributed by atoms with Crippen LogP contribution in [0.2, 0.25) is 0 Å². The molecule has 0 aliphatic heterocycles. The fourth-order valence-electron chi connectivity index (χ4n) is 0. The van der Waals surface area contributed by atoms with Gasteiger partial charge in [0.2, 0.25) is 0 Å². The van der Waals surface area contributed by atoms with E-state index in [4.69, 9.17) is 11.5 Å². The summed E-state index contributed by atoms with van der Waals surface area (Å²) >= 11 is 0. The van der Waals surface area contributed by atoms with Gasteiger partial charge in [0.25, 0.3) is 0 Å². The van der Waals surface area contributed by atoms with E-state index in [0.29, 0.717) is 6.54 Å². The molecule has 0 radical (unpaired) electrons. The zero-order valence-electron chi connectivity index (χ0n) is 5.99. The van der Waals surface area contributed by atoms with Crippen LogP contribution in [0.3, 0.4) is 0 Å². The molecule has 0 aromatic heterocycles. The third-order valence-corrected chi connectivity index (χ3v) is 0.526. The normalized spacial score (nSPS) is 7.20. The molecule has 0 amide bonds. The third-order valence-electron chi connectivity index (χ3n) is 0.526. The monoisotopic (exact) mass is 600 g/mol. The van der Waals surface area contributed by atoms with E-state index in [9.17, 15) is 0 Å². The Morgan fingerprint density at radius 1 is 1.00 bits per heavy atom. The van der Waals surface area contributed by atoms with E-state index in [0.717, 1.165) is 0 Å². The summed E-state index contributed by atoms with van der Waals surface area (Å²) in [7, 11) is 0. The molecule has 0 unspecified atom stereocenters. The first kappa shape index (κ1) is 29.3. The van der Waals surface area contributed by atoms with E-state index >= 15 is 0 Å². The summed E-state index contributed by atoms with van der Waals surface area (Å²) in [6.07, 6.45) is 0. The highest BCUT2D eigenvalue weighted by molar-refractivity contribution is 14.0. The molecular weight excluding hydrogens is 584 g/mol. The second-order valence-corrected chi connectivity index (χ2v) is 2.19. The van der Waals surface area contributed by atoms with Crippen molar-refractivity contribution in [1.29, 1.82) is 0 Å². The van der Waals surface area contributed by atoms with Crippen LogP contribution in [0, 0.1) is 0 Å². The predicted octanol–water partition coefficient (Wildman–Crippen LogP) is 2.15. The van der Waals surface area contributed by atoms with Crippen LogP contribution in [0.1, 0.15) is 13.8 Å². The van der Waals surface area contributed by atoms with Crippen LogP contribution in [0.25, 0.3) is 0 Å². The van der Waals surface area contributed by atoms with Crippen molar-refractivity contribution in [3.05, 3.63) is 0 Å². The van der Waals surface area contributed by atoms with Crippen molar-refractivity contribution in [2.45, 2.75) is 19.4 Å². The molecule has 0 aromatic rings. The van der Waals surface area contributed by atoms with E-state index in [2.05, 4.69) is 0 Å². The van der Waals surface area contributed by atoms with Crippen molar-refractivity contribution in [2.75, 3.05) is 6.54 Å². The van der Waals surface area contributed by atoms with Gasteiger partial charge in [0.1, 0.15) is 0 Å². The summed E-state index contributed by atoms with van der Waals surface area (Å²) in [6, 6.07) is 0. The number of halogens is 4. The zero-order valence-corrected chi connectivity index (χ0v) is 15.3. The van der Waals surface area contributed by atoms with E-state index < -0.39 is 0 Å². The fourth-order valence-corrected chi connectivity index (χ4v) is 0. The van der Waals surface area contributed by atoms with Crippen LogP contribution in [0.15, 0.2) is 0 Å². The van der Waals surface area contributed by atoms with E-state index in [1.54, 1.807) is 0 Å². The lowest BCUT2D eigenvalue weighted by atomic mass is 10.1. The molecule has 0 aromatic carbocycles. The third kappa shape index (κ3) is 30.8. The second-order valence-electron chi connectivity index (χ2n) is 2.19. The Kier molecular flexibility index (Phi) is 42.1. The van der Waals surface area contributed by atoms with Crippen molar-refractivity contribution in [2.24, 2.45) is 11.5 Å². The molecule has 0 atom stereocenters. The van der Waals surface area contributed by atoms with E-state index in [1.807, 2.05) is 13.8 Å². The van der Waals surface area contributed by atoms with Gasteiger partial charge in [-0.1, -0.05) is 0 Å². The van der Waals surface area contributed by atoms with Gasteiger partial charge in [-0.25, -0.2) is 0 Å². The number of nitrogens with two attached hydrogens (primary N) is 2. The minimum Gasteiger partial charge on any atom is -0.329 e. The summed E-state index contributed by atoms with van der Waals surface area (Å²) in [5.41, 5.74) is 10.4. The van der Waals surface area contributed by atoms with Gasteiger partial charge in [-0.3, -0.25) is 0 Å². The molecule has 0 saturated carbocycles. The first-order chi connectivity index (χ1) is 2.56. The van der Waals surface area contributed by atoms with Crippen molar-refractivity contribution in [3.63, 3.8) is 0 Å². The highest BCUT2D eigenvalue weighted by Crippen LogP contribution is 1.88. The summed E-state index contributed by atoms with van der Waals surface area (Å²) < 4.78 is 0. The van der Waals surface area contributed by atoms with Crippen LogP contribution < -0.4 is 11.5 Å². The first-order valence-corrected chi connectivity index (χ1v) is 2.05. The van der Waals surface area contributed by atoms with Gasteiger partial charge < -0.3 is 11.5 Å². The number of hydrogen-bond donors (Lipinski definition) is 2. The topological polar surface area (TPSA) is 52.0 Å². The molecule has 0 rings (SSSR count). The lowest BCUT2D eigenvalue weighted by Crippen LogP contribution is -2.40. The van der Waals surface area contributed by atoms with Crippen molar-refractivity contribution >= 4 is 95.9 Å². The van der Waals surface area contributed by atoms with Crippen molar-refractivity contribution in [3.8, 4) is 0 Å². The van der Waals surface area contributed by atoms with Gasteiger partial charge >= 0.3 is 0 Å². The van der Waals surface area contributed by atoms with E-state index in [1.165, 1.54) is 0 Å². The molecule has 10 heavy (non-hydrogen) atoms. The average molecular weight is 600 g/mol. The molecule has 6 heteroatoms. The lowest BCUT2D eigenvalue weighted by molar-refractivity contribution is 0.532. The molecular formula is C4H16I4N2. The molecule has 0 aliphatic carbocycles. The van der Waals surface area contributed by atoms with Crippen LogP contribution in [-0.4, -0.2) is 12.1 Å². The maximum absolute atomic E-state index is 5.41. The molecule has 0 heterocycles. The number of rotatable bonds is 1. The number of hydrogen-bond acceptors (Lipinski definition) is 2. The summed E-state index contributed by atoms with van der Waals surface area (Å²) in [5, 5.41) is 0. The molecule has 70 valence electrons. The molecule has 0 aliphatic rings. The van der Waals surface area contributed by atoms with Crippen LogP contribution >= 0.6 is 95.9 Å². The minimum atomic E-state index is -0.181. The molecule has 4 N–H and O–H groups in total. The van der Waals surface area contributed by atoms with Crippen molar-refractivity contribution < 1.29 is 0 Å². The Labute approximate surface area is 131 Å². The largest absolute Gasteiger partial charge is 0.329 e. The first-order valence-electron chi connectivity index (χ1n) is 2.05. The molecule has 0 saturated heterocycles. The maximum Gasteiger partial charge on any atom is 0.0221 e. The highest BCUT2D eigenvalue weighted by Gasteiger charge is 2.04. The Hall–Kier alpha value is 2.84. The smallest absolute Gasteiger partial charge is 0.0221 e. The molecule has 0 bridgehead atoms. The minimum absolute atomic E-state index is 0. The second kappa shape index (κ2) is 14.4. The maximum atomic E-state index is 5.41.